The predicted molar refractivity (Wildman–Crippen MR) is 78.0 cm³/mol. The number of piperidine rings is 1. The van der Waals surface area contributed by atoms with Crippen molar-refractivity contribution in [2.24, 2.45) is 11.1 Å². The van der Waals surface area contributed by atoms with Crippen LogP contribution in [0, 0.1) is 5.41 Å². The largest absolute Gasteiger partial charge is 0.347 e. The molecule has 5 nitrogen and oxygen atoms in total. The zero-order valence-corrected chi connectivity index (χ0v) is 12.4. The minimum Gasteiger partial charge on any atom is -0.347 e. The maximum absolute atomic E-state index is 6.17. The van der Waals surface area contributed by atoms with Crippen molar-refractivity contribution in [3.63, 3.8) is 0 Å². The Balaban J connectivity index is 2.03. The lowest BCUT2D eigenvalue weighted by atomic mass is 9.80. The number of rotatable bonds is 3. The molecule has 1 unspecified atom stereocenters. The van der Waals surface area contributed by atoms with Crippen LogP contribution in [-0.4, -0.2) is 48.1 Å². The summed E-state index contributed by atoms with van der Waals surface area (Å²) in [6.07, 6.45) is 2.89. The second-order valence-corrected chi connectivity index (χ2v) is 6.34. The van der Waals surface area contributed by atoms with Crippen LogP contribution in [0.1, 0.15) is 26.0 Å². The highest BCUT2D eigenvalue weighted by molar-refractivity contribution is 5.27. The Morgan fingerprint density at radius 1 is 1.47 bits per heavy atom. The molecule has 5 heteroatoms. The lowest BCUT2D eigenvalue weighted by Gasteiger charge is -2.42. The summed E-state index contributed by atoms with van der Waals surface area (Å²) in [5, 5.41) is 0. The van der Waals surface area contributed by atoms with Crippen LogP contribution in [0.3, 0.4) is 0 Å². The van der Waals surface area contributed by atoms with E-state index in [1.54, 1.807) is 0 Å². The molecule has 0 aromatic carbocycles. The van der Waals surface area contributed by atoms with E-state index in [4.69, 9.17) is 5.73 Å². The monoisotopic (exact) mass is 263 g/mol. The molecule has 0 radical (unpaired) electrons. The van der Waals surface area contributed by atoms with Crippen LogP contribution in [0.4, 0.5) is 5.95 Å². The molecule has 1 fully saturated rings. The topological polar surface area (TPSA) is 58.3 Å². The van der Waals surface area contributed by atoms with Gasteiger partial charge in [-0.05, 0) is 17.9 Å². The second-order valence-electron chi connectivity index (χ2n) is 6.34. The number of likely N-dealkylation sites (tertiary alicyclic amines) is 1. The molecule has 1 atom stereocenters. The van der Waals surface area contributed by atoms with E-state index < -0.39 is 0 Å². The molecule has 1 aromatic heterocycles. The fourth-order valence-corrected chi connectivity index (χ4v) is 2.54. The Bertz CT molecular complexity index is 430. The van der Waals surface area contributed by atoms with Gasteiger partial charge < -0.3 is 10.6 Å². The van der Waals surface area contributed by atoms with Gasteiger partial charge in [-0.15, -0.1) is 0 Å². The molecule has 0 aliphatic carbocycles. The maximum Gasteiger partial charge on any atom is 0.225 e. The predicted octanol–water partition coefficient (Wildman–Crippen LogP) is 1.10. The van der Waals surface area contributed by atoms with Gasteiger partial charge in [0.1, 0.15) is 0 Å². The Labute approximate surface area is 115 Å². The molecule has 2 N–H and O–H groups in total. The number of nitrogens with two attached hydrogens (primary N) is 1. The third kappa shape index (κ3) is 3.42. The third-order valence-electron chi connectivity index (χ3n) is 3.88. The van der Waals surface area contributed by atoms with Crippen molar-refractivity contribution >= 4 is 5.95 Å². The Morgan fingerprint density at radius 3 is 2.84 bits per heavy atom. The first-order chi connectivity index (χ1) is 8.88. The lowest BCUT2D eigenvalue weighted by Crippen LogP contribution is -2.52. The molecule has 1 aromatic rings. The molecule has 1 aliphatic heterocycles. The molecule has 19 heavy (non-hydrogen) atoms. The van der Waals surface area contributed by atoms with E-state index in [0.717, 1.165) is 37.7 Å². The molecule has 2 heterocycles. The van der Waals surface area contributed by atoms with Crippen molar-refractivity contribution in [3.8, 4) is 0 Å². The van der Waals surface area contributed by atoms with Crippen LogP contribution in [-0.2, 0) is 6.54 Å². The summed E-state index contributed by atoms with van der Waals surface area (Å²) in [6.45, 7) is 7.44. The summed E-state index contributed by atoms with van der Waals surface area (Å²) < 4.78 is 0. The molecule has 0 spiro atoms. The molecule has 1 saturated heterocycles. The summed E-state index contributed by atoms with van der Waals surface area (Å²) in [5.74, 6) is 0.769. The van der Waals surface area contributed by atoms with Crippen molar-refractivity contribution < 1.29 is 0 Å². The zero-order chi connectivity index (χ0) is 14.0. The van der Waals surface area contributed by atoms with E-state index in [9.17, 15) is 0 Å². The molecular weight excluding hydrogens is 238 g/mol. The smallest absolute Gasteiger partial charge is 0.225 e. The van der Waals surface area contributed by atoms with Gasteiger partial charge in [0.05, 0.1) is 5.69 Å². The van der Waals surface area contributed by atoms with Gasteiger partial charge in [-0.3, -0.25) is 4.90 Å². The first-order valence-electron chi connectivity index (χ1n) is 6.86. The van der Waals surface area contributed by atoms with Gasteiger partial charge in [0.25, 0.3) is 0 Å². The fourth-order valence-electron chi connectivity index (χ4n) is 2.54. The fraction of sp³-hybridized carbons (Fsp3) is 0.714. The normalized spacial score (nSPS) is 23.3. The maximum atomic E-state index is 6.17. The van der Waals surface area contributed by atoms with Gasteiger partial charge in [-0.25, -0.2) is 9.97 Å². The SMILES string of the molecule is CN(C)c1nccc(CN2CCC(N)C(C)(C)C2)n1. The molecular formula is C14H25N5. The summed E-state index contributed by atoms with van der Waals surface area (Å²) in [5.41, 5.74) is 7.42. The van der Waals surface area contributed by atoms with E-state index in [0.29, 0.717) is 6.04 Å². The van der Waals surface area contributed by atoms with E-state index in [1.807, 2.05) is 31.3 Å². The van der Waals surface area contributed by atoms with Crippen molar-refractivity contribution in [3.05, 3.63) is 18.0 Å². The first kappa shape index (κ1) is 14.2. The van der Waals surface area contributed by atoms with E-state index in [1.165, 1.54) is 0 Å². The minimum atomic E-state index is 0.176. The summed E-state index contributed by atoms with van der Waals surface area (Å²) >= 11 is 0. The van der Waals surface area contributed by atoms with Crippen molar-refractivity contribution in [2.45, 2.75) is 32.9 Å². The molecule has 106 valence electrons. The highest BCUT2D eigenvalue weighted by Gasteiger charge is 2.33. The molecule has 0 amide bonds. The average molecular weight is 263 g/mol. The number of aromatic nitrogens is 2. The Kier molecular flexibility index (Phi) is 4.06. The van der Waals surface area contributed by atoms with Crippen LogP contribution < -0.4 is 10.6 Å². The highest BCUT2D eigenvalue weighted by atomic mass is 15.2. The van der Waals surface area contributed by atoms with E-state index >= 15 is 0 Å². The number of hydrogen-bond donors (Lipinski definition) is 1. The molecule has 2 rings (SSSR count). The highest BCUT2D eigenvalue weighted by Crippen LogP contribution is 2.28. The summed E-state index contributed by atoms with van der Waals surface area (Å²) in [6, 6.07) is 2.29. The summed E-state index contributed by atoms with van der Waals surface area (Å²) in [4.78, 5) is 13.2. The van der Waals surface area contributed by atoms with E-state index in [2.05, 4.69) is 28.7 Å². The quantitative estimate of drug-likeness (QED) is 0.885. The standard InChI is InChI=1S/C14H25N5/c1-14(2)10-19(8-6-12(14)15)9-11-5-7-16-13(17-11)18(3)4/h5,7,12H,6,8-10,15H2,1-4H3. The van der Waals surface area contributed by atoms with Crippen LogP contribution in [0.5, 0.6) is 0 Å². The Hall–Kier alpha value is -1.20. The van der Waals surface area contributed by atoms with Gasteiger partial charge in [0.2, 0.25) is 5.95 Å². The van der Waals surface area contributed by atoms with Gasteiger partial charge in [0, 0.05) is 46.0 Å². The number of anilines is 1. The Morgan fingerprint density at radius 2 is 2.21 bits per heavy atom. The van der Waals surface area contributed by atoms with Gasteiger partial charge in [0.15, 0.2) is 0 Å². The van der Waals surface area contributed by atoms with Crippen LogP contribution >= 0.6 is 0 Å². The lowest BCUT2D eigenvalue weighted by molar-refractivity contribution is 0.0889. The zero-order valence-electron chi connectivity index (χ0n) is 12.4. The van der Waals surface area contributed by atoms with Crippen LogP contribution in [0.25, 0.3) is 0 Å². The minimum absolute atomic E-state index is 0.176. The number of hydrogen-bond acceptors (Lipinski definition) is 5. The molecule has 1 aliphatic rings. The van der Waals surface area contributed by atoms with Crippen LogP contribution in [0.15, 0.2) is 12.3 Å². The first-order valence-corrected chi connectivity index (χ1v) is 6.86. The van der Waals surface area contributed by atoms with Crippen molar-refractivity contribution in [1.82, 2.24) is 14.9 Å². The second kappa shape index (κ2) is 5.43. The molecule has 0 saturated carbocycles. The van der Waals surface area contributed by atoms with E-state index in [-0.39, 0.29) is 5.41 Å². The van der Waals surface area contributed by atoms with Gasteiger partial charge in [-0.2, -0.15) is 0 Å². The third-order valence-corrected chi connectivity index (χ3v) is 3.88. The van der Waals surface area contributed by atoms with Gasteiger partial charge in [-0.1, -0.05) is 13.8 Å². The average Bonchev–Trinajstić information content (AvgIpc) is 2.34. The molecule has 0 bridgehead atoms. The van der Waals surface area contributed by atoms with Crippen molar-refractivity contribution in [2.75, 3.05) is 32.1 Å². The number of nitrogens with zero attached hydrogens (tertiary/aromatic N) is 4. The van der Waals surface area contributed by atoms with Crippen molar-refractivity contribution in [1.29, 1.82) is 0 Å². The van der Waals surface area contributed by atoms with Crippen LogP contribution in [0.2, 0.25) is 0 Å². The summed E-state index contributed by atoms with van der Waals surface area (Å²) in [7, 11) is 3.92. The van der Waals surface area contributed by atoms with Gasteiger partial charge >= 0.3 is 0 Å².